The summed E-state index contributed by atoms with van der Waals surface area (Å²) in [6.07, 6.45) is 0. The second kappa shape index (κ2) is 11.7. The van der Waals surface area contributed by atoms with Gasteiger partial charge in [-0.05, 0) is 112 Å². The maximum atomic E-state index is 2.52. The molecular weight excluding hydrogens is 661 g/mol. The van der Waals surface area contributed by atoms with Gasteiger partial charge in [0.2, 0.25) is 0 Å². The molecule has 0 nitrogen and oxygen atoms in total. The van der Waals surface area contributed by atoms with Crippen LogP contribution in [0.5, 0.6) is 0 Å². The molecule has 9 aromatic rings. The van der Waals surface area contributed by atoms with E-state index in [1.165, 1.54) is 105 Å². The first kappa shape index (κ1) is 32.0. The standard InChI is InChI=1S/C55H40/c1-35-29-31-43-46(33-35)52(45-25-16-28-49-53(45)44-24-13-14-26-47(44)54(49,2)3)42-23-11-10-22-41(42)51(43)36-30-32-40-39-21-12-15-27-48(39)55(50(40)34-36,37-17-6-4-7-18-37)38-19-8-5-9-20-38/h4-34H,1-3H3. The summed E-state index contributed by atoms with van der Waals surface area (Å²) < 4.78 is 0. The molecule has 55 heavy (non-hydrogen) atoms. The molecule has 0 heterocycles. The lowest BCUT2D eigenvalue weighted by atomic mass is 9.67. The van der Waals surface area contributed by atoms with Crippen molar-refractivity contribution in [2.24, 2.45) is 0 Å². The summed E-state index contributed by atoms with van der Waals surface area (Å²) in [6, 6.07) is 70.8. The van der Waals surface area contributed by atoms with Crippen LogP contribution in [0.2, 0.25) is 0 Å². The zero-order chi connectivity index (χ0) is 36.9. The molecule has 0 radical (unpaired) electrons. The van der Waals surface area contributed by atoms with Crippen LogP contribution < -0.4 is 0 Å². The Hall–Kier alpha value is -6.50. The van der Waals surface area contributed by atoms with Crippen LogP contribution in [0, 0.1) is 6.92 Å². The molecule has 0 spiro atoms. The Morgan fingerprint density at radius 2 is 0.873 bits per heavy atom. The maximum Gasteiger partial charge on any atom is 0.0713 e. The highest BCUT2D eigenvalue weighted by Crippen LogP contribution is 2.58. The molecule has 0 aromatic heterocycles. The molecule has 0 heteroatoms. The molecule has 0 atom stereocenters. The monoisotopic (exact) mass is 700 g/mol. The smallest absolute Gasteiger partial charge is 0.0622 e. The Morgan fingerprint density at radius 3 is 1.60 bits per heavy atom. The van der Waals surface area contributed by atoms with Crippen molar-refractivity contribution < 1.29 is 0 Å². The van der Waals surface area contributed by atoms with E-state index >= 15 is 0 Å². The van der Waals surface area contributed by atoms with Crippen molar-refractivity contribution in [2.45, 2.75) is 31.6 Å². The Morgan fingerprint density at radius 1 is 0.327 bits per heavy atom. The molecule has 0 bridgehead atoms. The van der Waals surface area contributed by atoms with E-state index in [2.05, 4.69) is 209 Å². The third-order valence-corrected chi connectivity index (χ3v) is 12.8. The van der Waals surface area contributed by atoms with Gasteiger partial charge in [-0.2, -0.15) is 0 Å². The molecule has 0 saturated heterocycles. The van der Waals surface area contributed by atoms with E-state index in [0.717, 1.165) is 0 Å². The second-order valence-corrected chi connectivity index (χ2v) is 16.0. The topological polar surface area (TPSA) is 0 Å². The largest absolute Gasteiger partial charge is 0.0713 e. The fourth-order valence-electron chi connectivity index (χ4n) is 10.5. The van der Waals surface area contributed by atoms with E-state index in [1.807, 2.05) is 0 Å². The molecule has 0 N–H and O–H groups in total. The molecule has 2 aliphatic carbocycles. The van der Waals surface area contributed by atoms with Gasteiger partial charge in [-0.1, -0.05) is 201 Å². The summed E-state index contributed by atoms with van der Waals surface area (Å²) >= 11 is 0. The first-order valence-electron chi connectivity index (χ1n) is 19.5. The predicted molar refractivity (Wildman–Crippen MR) is 232 cm³/mol. The molecular formula is C55H40. The quantitative estimate of drug-likeness (QED) is 0.160. The van der Waals surface area contributed by atoms with E-state index in [1.54, 1.807) is 0 Å². The molecule has 11 rings (SSSR count). The van der Waals surface area contributed by atoms with Crippen LogP contribution in [-0.2, 0) is 10.8 Å². The number of hydrogen-bond donors (Lipinski definition) is 0. The number of benzene rings is 9. The van der Waals surface area contributed by atoms with Crippen LogP contribution in [0.3, 0.4) is 0 Å². The van der Waals surface area contributed by atoms with E-state index < -0.39 is 5.41 Å². The van der Waals surface area contributed by atoms with Gasteiger partial charge in [0.15, 0.2) is 0 Å². The number of rotatable bonds is 4. The third-order valence-electron chi connectivity index (χ3n) is 12.8. The molecule has 0 aliphatic heterocycles. The maximum absolute atomic E-state index is 2.52. The number of hydrogen-bond acceptors (Lipinski definition) is 0. The van der Waals surface area contributed by atoms with Gasteiger partial charge < -0.3 is 0 Å². The summed E-state index contributed by atoms with van der Waals surface area (Å²) in [5.74, 6) is 0. The first-order valence-corrected chi connectivity index (χ1v) is 19.5. The lowest BCUT2D eigenvalue weighted by molar-refractivity contribution is 0.660. The average molecular weight is 701 g/mol. The Balaban J connectivity index is 1.24. The fraction of sp³-hybridized carbons (Fsp3) is 0.0909. The minimum absolute atomic E-state index is 0.0740. The van der Waals surface area contributed by atoms with Crippen molar-refractivity contribution in [3.63, 3.8) is 0 Å². The van der Waals surface area contributed by atoms with Crippen molar-refractivity contribution in [1.29, 1.82) is 0 Å². The summed E-state index contributed by atoms with van der Waals surface area (Å²) in [6.45, 7) is 6.98. The SMILES string of the molecule is Cc1ccc2c(-c3ccc4c(c3)C(c3ccccc3)(c3ccccc3)c3ccccc3-4)c3ccccc3c(-c3cccc4c3-c3ccccc3C4(C)C)c2c1. The first-order chi connectivity index (χ1) is 27.0. The zero-order valence-corrected chi connectivity index (χ0v) is 31.4. The van der Waals surface area contributed by atoms with Crippen LogP contribution in [0.15, 0.2) is 188 Å². The van der Waals surface area contributed by atoms with Crippen molar-refractivity contribution in [3.8, 4) is 44.5 Å². The molecule has 2 aliphatic rings. The highest BCUT2D eigenvalue weighted by Gasteiger charge is 2.46. The summed E-state index contributed by atoms with van der Waals surface area (Å²) in [4.78, 5) is 0. The molecule has 0 saturated carbocycles. The molecule has 0 fully saturated rings. The van der Waals surface area contributed by atoms with Crippen LogP contribution in [0.1, 0.15) is 52.8 Å². The van der Waals surface area contributed by atoms with Crippen LogP contribution in [0.25, 0.3) is 66.1 Å². The van der Waals surface area contributed by atoms with E-state index in [9.17, 15) is 0 Å². The van der Waals surface area contributed by atoms with Gasteiger partial charge in [-0.3, -0.25) is 0 Å². The van der Waals surface area contributed by atoms with Crippen molar-refractivity contribution >= 4 is 21.5 Å². The van der Waals surface area contributed by atoms with Crippen LogP contribution in [0.4, 0.5) is 0 Å². The van der Waals surface area contributed by atoms with Gasteiger partial charge in [-0.25, -0.2) is 0 Å². The molecule has 260 valence electrons. The van der Waals surface area contributed by atoms with E-state index in [4.69, 9.17) is 0 Å². The highest BCUT2D eigenvalue weighted by atomic mass is 14.5. The van der Waals surface area contributed by atoms with Gasteiger partial charge in [0.25, 0.3) is 0 Å². The van der Waals surface area contributed by atoms with E-state index in [0.29, 0.717) is 0 Å². The fourth-order valence-corrected chi connectivity index (χ4v) is 10.5. The second-order valence-electron chi connectivity index (χ2n) is 16.0. The third kappa shape index (κ3) is 4.34. The average Bonchev–Trinajstić information content (AvgIpc) is 3.66. The Bertz CT molecular complexity index is 2960. The molecule has 9 aromatic carbocycles. The van der Waals surface area contributed by atoms with Gasteiger partial charge >= 0.3 is 0 Å². The minimum atomic E-state index is -0.461. The Labute approximate surface area is 323 Å². The lowest BCUT2D eigenvalue weighted by Crippen LogP contribution is -2.28. The van der Waals surface area contributed by atoms with Crippen molar-refractivity contribution in [2.75, 3.05) is 0 Å². The molecule has 0 unspecified atom stereocenters. The van der Waals surface area contributed by atoms with Gasteiger partial charge in [0, 0.05) is 5.41 Å². The van der Waals surface area contributed by atoms with Crippen LogP contribution >= 0.6 is 0 Å². The van der Waals surface area contributed by atoms with Gasteiger partial charge in [0.05, 0.1) is 5.41 Å². The van der Waals surface area contributed by atoms with Crippen molar-refractivity contribution in [1.82, 2.24) is 0 Å². The minimum Gasteiger partial charge on any atom is -0.0622 e. The van der Waals surface area contributed by atoms with Gasteiger partial charge in [0.1, 0.15) is 0 Å². The normalized spacial score (nSPS) is 14.4. The lowest BCUT2D eigenvalue weighted by Gasteiger charge is -2.34. The molecule has 0 amide bonds. The summed E-state index contributed by atoms with van der Waals surface area (Å²) in [5, 5.41) is 5.14. The van der Waals surface area contributed by atoms with Crippen LogP contribution in [-0.4, -0.2) is 0 Å². The summed E-state index contributed by atoms with van der Waals surface area (Å²) in [5.41, 5.74) is 19.2. The Kier molecular flexibility index (Phi) is 6.83. The number of aryl methyl sites for hydroxylation is 1. The summed E-state index contributed by atoms with van der Waals surface area (Å²) in [7, 11) is 0. The van der Waals surface area contributed by atoms with Crippen molar-refractivity contribution in [3.05, 3.63) is 227 Å². The van der Waals surface area contributed by atoms with E-state index in [-0.39, 0.29) is 5.41 Å². The van der Waals surface area contributed by atoms with Gasteiger partial charge in [-0.15, -0.1) is 0 Å². The number of fused-ring (bicyclic) bond motifs is 8. The zero-order valence-electron chi connectivity index (χ0n) is 31.4. The predicted octanol–water partition coefficient (Wildman–Crippen LogP) is 14.3. The highest BCUT2D eigenvalue weighted by molar-refractivity contribution is 6.23.